The number of benzene rings is 4. The average Bonchev–Trinajstić information content (AvgIpc) is 3.27. The lowest BCUT2D eigenvalue weighted by Gasteiger charge is -2.47. The van der Waals surface area contributed by atoms with Crippen LogP contribution < -0.4 is 20.7 Å². The Balaban J connectivity index is 1.68. The van der Waals surface area contributed by atoms with E-state index in [-0.39, 0.29) is 11.6 Å². The SMILES string of the molecule is CC(C)(C)[Si](OC[C@H]1OC(OS(C)(=O)=O)[C@](F)(Br)[C@@H]1O[Si](c1ccccc1)(c1ccccc1)C(C)(C)C)(c1ccccc1)c1ccccc1. The summed E-state index contributed by atoms with van der Waals surface area (Å²) in [6.45, 7) is 12.7. The molecular formula is C38H46BrFO6SSi2. The van der Waals surface area contributed by atoms with E-state index in [2.05, 4.69) is 81.7 Å². The molecule has 6 nitrogen and oxygen atoms in total. The third-order valence-corrected chi connectivity index (χ3v) is 20.6. The lowest BCUT2D eigenvalue weighted by molar-refractivity contribution is -0.104. The molecule has 0 aromatic heterocycles. The summed E-state index contributed by atoms with van der Waals surface area (Å²) in [4.78, 5) is 0. The van der Waals surface area contributed by atoms with Crippen molar-refractivity contribution in [1.82, 2.24) is 0 Å². The molecule has 0 aliphatic carbocycles. The maximum atomic E-state index is 17.4. The molecule has 0 amide bonds. The Labute approximate surface area is 301 Å². The van der Waals surface area contributed by atoms with E-state index in [1.165, 1.54) is 0 Å². The third-order valence-electron chi connectivity index (χ3n) is 9.19. The van der Waals surface area contributed by atoms with Gasteiger partial charge in [-0.3, -0.25) is 0 Å². The number of halogens is 2. The van der Waals surface area contributed by atoms with Crippen molar-refractivity contribution in [3.8, 4) is 0 Å². The Hall–Kier alpha value is -2.49. The molecule has 4 aromatic rings. The van der Waals surface area contributed by atoms with Gasteiger partial charge in [0.05, 0.1) is 12.9 Å². The standard InChI is InChI=1S/C38H46BrFO6SSi2/c1-36(2,3)48(29-20-12-8-13-21-29,30-22-14-9-15-23-30)43-28-33-34(38(39,40)35(44-33)45-47(7,41)42)46-49(37(4,5)6,31-24-16-10-17-25-31)32-26-18-11-19-27-32/h8-27,33-35H,28H2,1-7H3/t33-,34-,35?,38+/m1/s1. The minimum Gasteiger partial charge on any atom is -0.405 e. The van der Waals surface area contributed by atoms with Crippen molar-refractivity contribution in [1.29, 1.82) is 0 Å². The molecule has 4 aromatic carbocycles. The lowest BCUT2D eigenvalue weighted by Crippen LogP contribution is -2.70. The largest absolute Gasteiger partial charge is 0.405 e. The first-order chi connectivity index (χ1) is 22.9. The summed E-state index contributed by atoms with van der Waals surface area (Å²) in [5.41, 5.74) is 0. The molecule has 1 heterocycles. The Bertz CT molecular complexity index is 1710. The van der Waals surface area contributed by atoms with Crippen LogP contribution in [0.15, 0.2) is 121 Å². The Morgan fingerprint density at radius 3 is 1.37 bits per heavy atom. The smallest absolute Gasteiger partial charge is 0.267 e. The summed E-state index contributed by atoms with van der Waals surface area (Å²) in [6, 6.07) is 40.0. The van der Waals surface area contributed by atoms with Gasteiger partial charge in [-0.1, -0.05) is 163 Å². The molecule has 0 bridgehead atoms. The number of ether oxygens (including phenoxy) is 1. The van der Waals surface area contributed by atoms with E-state index < -0.39 is 54.9 Å². The van der Waals surface area contributed by atoms with Crippen molar-refractivity contribution in [3.05, 3.63) is 121 Å². The highest BCUT2D eigenvalue weighted by Gasteiger charge is 2.64. The van der Waals surface area contributed by atoms with Crippen LogP contribution in [0.5, 0.6) is 0 Å². The molecule has 49 heavy (non-hydrogen) atoms. The molecule has 0 spiro atoms. The molecule has 0 saturated carbocycles. The van der Waals surface area contributed by atoms with Crippen LogP contribution in [0.3, 0.4) is 0 Å². The van der Waals surface area contributed by atoms with Gasteiger partial charge in [-0.25, -0.2) is 8.57 Å². The van der Waals surface area contributed by atoms with E-state index in [1.807, 2.05) is 97.1 Å². The molecule has 1 unspecified atom stereocenters. The van der Waals surface area contributed by atoms with E-state index in [0.717, 1.165) is 27.0 Å². The molecule has 1 aliphatic heterocycles. The second-order valence-corrected chi connectivity index (χ2v) is 26.0. The summed E-state index contributed by atoms with van der Waals surface area (Å²) < 4.78 is 65.8. The zero-order valence-corrected chi connectivity index (χ0v) is 33.5. The third kappa shape index (κ3) is 7.46. The van der Waals surface area contributed by atoms with Crippen LogP contribution in [-0.4, -0.2) is 61.0 Å². The monoisotopic (exact) mass is 784 g/mol. The molecule has 1 aliphatic rings. The normalized spacial score (nSPS) is 22.3. The van der Waals surface area contributed by atoms with E-state index in [1.54, 1.807) is 0 Å². The quantitative estimate of drug-likeness (QED) is 0.102. The number of hydrogen-bond acceptors (Lipinski definition) is 6. The van der Waals surface area contributed by atoms with Crippen LogP contribution in [0.2, 0.25) is 10.1 Å². The minimum atomic E-state index is -4.13. The van der Waals surface area contributed by atoms with Crippen LogP contribution in [0.25, 0.3) is 0 Å². The van der Waals surface area contributed by atoms with Gasteiger partial charge in [-0.05, 0) is 46.8 Å². The lowest BCUT2D eigenvalue weighted by atomic mass is 10.2. The predicted octanol–water partition coefficient (Wildman–Crippen LogP) is 6.27. The highest BCUT2D eigenvalue weighted by atomic mass is 79.9. The first-order valence-electron chi connectivity index (χ1n) is 16.4. The zero-order valence-electron chi connectivity index (χ0n) is 29.1. The van der Waals surface area contributed by atoms with E-state index in [4.69, 9.17) is 17.8 Å². The van der Waals surface area contributed by atoms with Crippen LogP contribution >= 0.6 is 15.9 Å². The van der Waals surface area contributed by atoms with Crippen molar-refractivity contribution in [3.63, 3.8) is 0 Å². The van der Waals surface area contributed by atoms with E-state index >= 15 is 4.39 Å². The van der Waals surface area contributed by atoms with Crippen LogP contribution in [0.1, 0.15) is 41.5 Å². The summed E-state index contributed by atoms with van der Waals surface area (Å²) >= 11 is 3.25. The topological polar surface area (TPSA) is 71.1 Å². The van der Waals surface area contributed by atoms with Crippen LogP contribution in [0, 0.1) is 0 Å². The van der Waals surface area contributed by atoms with Crippen molar-refractivity contribution in [2.24, 2.45) is 0 Å². The molecule has 0 N–H and O–H groups in total. The van der Waals surface area contributed by atoms with Crippen molar-refractivity contribution in [2.75, 3.05) is 12.9 Å². The summed E-state index contributed by atoms with van der Waals surface area (Å²) in [5.74, 6) is 0. The van der Waals surface area contributed by atoms with E-state index in [0.29, 0.717) is 0 Å². The maximum Gasteiger partial charge on any atom is 0.267 e. The molecule has 11 heteroatoms. The maximum absolute atomic E-state index is 17.4. The Morgan fingerprint density at radius 1 is 0.694 bits per heavy atom. The molecule has 262 valence electrons. The summed E-state index contributed by atoms with van der Waals surface area (Å²) in [5, 5.41) is 3.10. The Morgan fingerprint density at radius 2 is 1.04 bits per heavy atom. The van der Waals surface area contributed by atoms with Gasteiger partial charge in [-0.15, -0.1) is 0 Å². The van der Waals surface area contributed by atoms with Crippen LogP contribution in [-0.2, 0) is 27.9 Å². The molecule has 1 saturated heterocycles. The second-order valence-electron chi connectivity index (χ2n) is 14.7. The predicted molar refractivity (Wildman–Crippen MR) is 203 cm³/mol. The van der Waals surface area contributed by atoms with Gasteiger partial charge in [0.25, 0.3) is 26.8 Å². The summed E-state index contributed by atoms with van der Waals surface area (Å²) in [7, 11) is -10.6. The number of alkyl halides is 2. The molecule has 5 rings (SSSR count). The fourth-order valence-electron chi connectivity index (χ4n) is 7.08. The van der Waals surface area contributed by atoms with Gasteiger partial charge in [0.15, 0.2) is 0 Å². The van der Waals surface area contributed by atoms with Gasteiger partial charge >= 0.3 is 0 Å². The van der Waals surface area contributed by atoms with Gasteiger partial charge in [-0.2, -0.15) is 8.42 Å². The first-order valence-corrected chi connectivity index (χ1v) is 22.8. The molecule has 4 atom stereocenters. The molecule has 1 fully saturated rings. The summed E-state index contributed by atoms with van der Waals surface area (Å²) in [6.07, 6.45) is -3.33. The Kier molecular flexibility index (Phi) is 11.0. The molecule has 0 radical (unpaired) electrons. The number of hydrogen-bond donors (Lipinski definition) is 0. The first kappa shape index (κ1) is 37.8. The number of rotatable bonds is 11. The fourth-order valence-corrected chi connectivity index (χ4v) is 17.8. The van der Waals surface area contributed by atoms with Crippen molar-refractivity contribution in [2.45, 2.75) is 74.7 Å². The van der Waals surface area contributed by atoms with Crippen LogP contribution in [0.4, 0.5) is 4.39 Å². The van der Waals surface area contributed by atoms with Crippen molar-refractivity contribution < 1.29 is 30.6 Å². The van der Waals surface area contributed by atoms with Gasteiger partial charge < -0.3 is 13.6 Å². The van der Waals surface area contributed by atoms with Gasteiger partial charge in [0.1, 0.15) is 12.2 Å². The highest BCUT2D eigenvalue weighted by Crippen LogP contribution is 2.48. The highest BCUT2D eigenvalue weighted by molar-refractivity contribution is 9.10. The van der Waals surface area contributed by atoms with E-state index in [9.17, 15) is 8.42 Å². The molecular weight excluding hydrogens is 740 g/mol. The van der Waals surface area contributed by atoms with Crippen molar-refractivity contribution >= 4 is 63.4 Å². The fraction of sp³-hybridized carbons (Fsp3) is 0.368. The van der Waals surface area contributed by atoms with Gasteiger partial charge in [0, 0.05) is 0 Å². The second kappa shape index (κ2) is 14.3. The minimum absolute atomic E-state index is 0.0863. The average molecular weight is 786 g/mol. The van der Waals surface area contributed by atoms with Gasteiger partial charge in [0.2, 0.25) is 10.9 Å². The zero-order chi connectivity index (χ0) is 35.7.